The molecule has 1 aliphatic heterocycles. The van der Waals surface area contributed by atoms with E-state index in [4.69, 9.17) is 0 Å². The highest BCUT2D eigenvalue weighted by Gasteiger charge is 2.23. The van der Waals surface area contributed by atoms with Gasteiger partial charge in [-0.2, -0.15) is 0 Å². The molecule has 2 heterocycles. The van der Waals surface area contributed by atoms with Crippen LogP contribution in [-0.4, -0.2) is 58.6 Å². The van der Waals surface area contributed by atoms with Crippen LogP contribution in [0.15, 0.2) is 6.20 Å². The van der Waals surface area contributed by atoms with Gasteiger partial charge in [-0.15, -0.1) is 5.10 Å². The highest BCUT2D eigenvalue weighted by Crippen LogP contribution is 2.16. The summed E-state index contributed by atoms with van der Waals surface area (Å²) in [5.74, 6) is 0.157. The minimum atomic E-state index is -0.285. The van der Waals surface area contributed by atoms with Gasteiger partial charge in [0.2, 0.25) is 0 Å². The summed E-state index contributed by atoms with van der Waals surface area (Å²) in [5, 5.41) is 10.3. The van der Waals surface area contributed by atoms with Gasteiger partial charge in [0.15, 0.2) is 5.69 Å². The first kappa shape index (κ1) is 14.3. The van der Waals surface area contributed by atoms with Gasteiger partial charge in [0, 0.05) is 26.7 Å². The standard InChI is InChI=1S/C12H19N5O3/c1-16-8-10(14-15-16)11(18)13-7-9-3-5-17(6-4-9)12(19)20-2/h8-9H,3-7H2,1-2H3,(H,13,18). The number of rotatable bonds is 3. The first-order valence-corrected chi connectivity index (χ1v) is 6.57. The molecule has 1 aliphatic rings. The fourth-order valence-electron chi connectivity index (χ4n) is 2.23. The molecule has 1 fully saturated rings. The number of carbonyl (C=O) groups excluding carboxylic acids is 2. The summed E-state index contributed by atoms with van der Waals surface area (Å²) in [6, 6.07) is 0. The Morgan fingerprint density at radius 3 is 2.70 bits per heavy atom. The third-order valence-corrected chi connectivity index (χ3v) is 3.43. The van der Waals surface area contributed by atoms with Crippen LogP contribution in [0.4, 0.5) is 4.79 Å². The lowest BCUT2D eigenvalue weighted by molar-refractivity contribution is 0.0910. The van der Waals surface area contributed by atoms with Gasteiger partial charge < -0.3 is 15.0 Å². The van der Waals surface area contributed by atoms with Crippen LogP contribution in [0.2, 0.25) is 0 Å². The molecule has 0 radical (unpaired) electrons. The molecule has 1 saturated heterocycles. The maximum atomic E-state index is 11.8. The molecule has 0 atom stereocenters. The Morgan fingerprint density at radius 2 is 2.15 bits per heavy atom. The van der Waals surface area contributed by atoms with Gasteiger partial charge in [-0.3, -0.25) is 9.48 Å². The summed E-state index contributed by atoms with van der Waals surface area (Å²) >= 11 is 0. The number of amides is 2. The van der Waals surface area contributed by atoms with Crippen molar-refractivity contribution >= 4 is 12.0 Å². The zero-order valence-corrected chi connectivity index (χ0v) is 11.7. The molecule has 1 aromatic heterocycles. The second-order valence-corrected chi connectivity index (χ2v) is 4.89. The zero-order chi connectivity index (χ0) is 14.5. The van der Waals surface area contributed by atoms with Gasteiger partial charge in [-0.25, -0.2) is 4.79 Å². The zero-order valence-electron chi connectivity index (χ0n) is 11.7. The van der Waals surface area contributed by atoms with Gasteiger partial charge in [0.1, 0.15) is 0 Å². The maximum absolute atomic E-state index is 11.8. The number of nitrogens with zero attached hydrogens (tertiary/aromatic N) is 4. The molecule has 0 spiro atoms. The Hall–Kier alpha value is -2.12. The van der Waals surface area contributed by atoms with Crippen LogP contribution in [0.5, 0.6) is 0 Å². The van der Waals surface area contributed by atoms with E-state index in [1.807, 2.05) is 0 Å². The first-order chi connectivity index (χ1) is 9.60. The third kappa shape index (κ3) is 3.46. The van der Waals surface area contributed by atoms with Crippen LogP contribution in [0, 0.1) is 5.92 Å². The summed E-state index contributed by atoms with van der Waals surface area (Å²) < 4.78 is 6.17. The van der Waals surface area contributed by atoms with Crippen LogP contribution >= 0.6 is 0 Å². The molecule has 110 valence electrons. The fourth-order valence-corrected chi connectivity index (χ4v) is 2.23. The Morgan fingerprint density at radius 1 is 1.45 bits per heavy atom. The molecular weight excluding hydrogens is 262 g/mol. The van der Waals surface area contributed by atoms with Crippen molar-refractivity contribution in [3.63, 3.8) is 0 Å². The molecular formula is C12H19N5O3. The summed E-state index contributed by atoms with van der Waals surface area (Å²) in [6.07, 6.45) is 3.01. The van der Waals surface area contributed by atoms with E-state index in [2.05, 4.69) is 20.4 Å². The molecule has 8 heteroatoms. The largest absolute Gasteiger partial charge is 0.453 e. The number of ether oxygens (including phenoxy) is 1. The monoisotopic (exact) mass is 281 g/mol. The maximum Gasteiger partial charge on any atom is 0.409 e. The molecule has 1 N–H and O–H groups in total. The van der Waals surface area contributed by atoms with E-state index in [0.29, 0.717) is 31.2 Å². The van der Waals surface area contributed by atoms with Crippen molar-refractivity contribution in [3.05, 3.63) is 11.9 Å². The molecule has 0 aromatic carbocycles. The van der Waals surface area contributed by atoms with Crippen molar-refractivity contribution in [2.75, 3.05) is 26.7 Å². The van der Waals surface area contributed by atoms with E-state index in [-0.39, 0.29) is 12.0 Å². The normalized spacial score (nSPS) is 16.0. The lowest BCUT2D eigenvalue weighted by Gasteiger charge is -2.30. The number of likely N-dealkylation sites (tertiary alicyclic amines) is 1. The van der Waals surface area contributed by atoms with E-state index in [0.717, 1.165) is 12.8 Å². The van der Waals surface area contributed by atoms with Crippen molar-refractivity contribution in [1.82, 2.24) is 25.2 Å². The molecule has 0 unspecified atom stereocenters. The Balaban J connectivity index is 1.73. The van der Waals surface area contributed by atoms with Gasteiger partial charge in [0.25, 0.3) is 5.91 Å². The van der Waals surface area contributed by atoms with Crippen molar-refractivity contribution in [1.29, 1.82) is 0 Å². The predicted octanol–water partition coefficient (Wildman–Crippen LogP) is 0.0233. The summed E-state index contributed by atoms with van der Waals surface area (Å²) in [5.41, 5.74) is 0.319. The highest BCUT2D eigenvalue weighted by molar-refractivity contribution is 5.91. The quantitative estimate of drug-likeness (QED) is 0.844. The lowest BCUT2D eigenvalue weighted by atomic mass is 9.97. The van der Waals surface area contributed by atoms with Crippen molar-refractivity contribution in [2.45, 2.75) is 12.8 Å². The molecule has 2 amide bonds. The summed E-state index contributed by atoms with van der Waals surface area (Å²) in [4.78, 5) is 24.8. The molecule has 2 rings (SSSR count). The fraction of sp³-hybridized carbons (Fsp3) is 0.667. The van der Waals surface area contributed by atoms with Crippen LogP contribution in [-0.2, 0) is 11.8 Å². The van der Waals surface area contributed by atoms with Gasteiger partial charge in [0.05, 0.1) is 13.3 Å². The summed E-state index contributed by atoms with van der Waals surface area (Å²) in [7, 11) is 3.10. The SMILES string of the molecule is COC(=O)N1CCC(CNC(=O)c2cn(C)nn2)CC1. The van der Waals surface area contributed by atoms with Crippen molar-refractivity contribution in [3.8, 4) is 0 Å². The number of carbonyl (C=O) groups is 2. The van der Waals surface area contributed by atoms with Crippen LogP contribution in [0.1, 0.15) is 23.3 Å². The van der Waals surface area contributed by atoms with Crippen LogP contribution < -0.4 is 5.32 Å². The third-order valence-electron chi connectivity index (χ3n) is 3.43. The Bertz CT molecular complexity index is 479. The van der Waals surface area contributed by atoms with Crippen LogP contribution in [0.3, 0.4) is 0 Å². The number of aryl methyl sites for hydroxylation is 1. The number of hydrogen-bond acceptors (Lipinski definition) is 5. The minimum Gasteiger partial charge on any atom is -0.453 e. The number of aromatic nitrogens is 3. The van der Waals surface area contributed by atoms with Crippen LogP contribution in [0.25, 0.3) is 0 Å². The second kappa shape index (κ2) is 6.36. The Kier molecular flexibility index (Phi) is 4.54. The van der Waals surface area contributed by atoms with E-state index in [1.165, 1.54) is 11.8 Å². The lowest BCUT2D eigenvalue weighted by Crippen LogP contribution is -2.41. The number of methoxy groups -OCH3 is 1. The average molecular weight is 281 g/mol. The number of hydrogen-bond donors (Lipinski definition) is 1. The molecule has 0 aliphatic carbocycles. The average Bonchev–Trinajstić information content (AvgIpc) is 2.91. The topological polar surface area (TPSA) is 89.4 Å². The molecule has 8 nitrogen and oxygen atoms in total. The van der Waals surface area contributed by atoms with Crippen molar-refractivity contribution in [2.24, 2.45) is 13.0 Å². The molecule has 1 aromatic rings. The number of nitrogens with one attached hydrogen (secondary N) is 1. The highest BCUT2D eigenvalue weighted by atomic mass is 16.5. The minimum absolute atomic E-state index is 0.214. The summed E-state index contributed by atoms with van der Waals surface area (Å²) in [6.45, 7) is 1.92. The Labute approximate surface area is 117 Å². The molecule has 20 heavy (non-hydrogen) atoms. The molecule has 0 bridgehead atoms. The van der Waals surface area contributed by atoms with Gasteiger partial charge in [-0.1, -0.05) is 5.21 Å². The molecule has 0 saturated carbocycles. The second-order valence-electron chi connectivity index (χ2n) is 4.89. The van der Waals surface area contributed by atoms with E-state index >= 15 is 0 Å². The van der Waals surface area contributed by atoms with E-state index in [1.54, 1.807) is 18.1 Å². The number of piperidine rings is 1. The van der Waals surface area contributed by atoms with E-state index < -0.39 is 0 Å². The first-order valence-electron chi connectivity index (χ1n) is 6.57. The predicted molar refractivity (Wildman–Crippen MR) is 70.0 cm³/mol. The van der Waals surface area contributed by atoms with Gasteiger partial charge >= 0.3 is 6.09 Å². The smallest absolute Gasteiger partial charge is 0.409 e. The van der Waals surface area contributed by atoms with Gasteiger partial charge in [-0.05, 0) is 18.8 Å². The van der Waals surface area contributed by atoms with Crippen molar-refractivity contribution < 1.29 is 14.3 Å². The van der Waals surface area contributed by atoms with E-state index in [9.17, 15) is 9.59 Å².